The van der Waals surface area contributed by atoms with E-state index < -0.39 is 6.04 Å². The monoisotopic (exact) mass is 423 g/mol. The zero-order valence-corrected chi connectivity index (χ0v) is 18.7. The fourth-order valence-corrected chi connectivity index (χ4v) is 3.71. The van der Waals surface area contributed by atoms with E-state index in [1.165, 1.54) is 5.56 Å². The highest BCUT2D eigenvalue weighted by molar-refractivity contribution is 6.01. The Balaban J connectivity index is 1.62. The van der Waals surface area contributed by atoms with Crippen LogP contribution in [-0.2, 0) is 16.1 Å². The lowest BCUT2D eigenvalue weighted by Gasteiger charge is -2.26. The first-order chi connectivity index (χ1) is 14.9. The van der Waals surface area contributed by atoms with Gasteiger partial charge in [-0.25, -0.2) is 0 Å². The van der Waals surface area contributed by atoms with Gasteiger partial charge in [-0.2, -0.15) is 0 Å². The molecule has 6 heteroatoms. The number of nitrogens with one attached hydrogen (secondary N) is 2. The second-order valence-corrected chi connectivity index (χ2v) is 8.55. The summed E-state index contributed by atoms with van der Waals surface area (Å²) in [5.41, 5.74) is 3.41. The van der Waals surface area contributed by atoms with E-state index in [0.29, 0.717) is 12.0 Å². The normalized spacial score (nSPS) is 15.5. The molecule has 0 bridgehead atoms. The van der Waals surface area contributed by atoms with Gasteiger partial charge in [0.1, 0.15) is 6.04 Å². The van der Waals surface area contributed by atoms with E-state index in [1.54, 1.807) is 6.07 Å². The van der Waals surface area contributed by atoms with Gasteiger partial charge in [-0.15, -0.1) is 0 Å². The lowest BCUT2D eigenvalue weighted by molar-refractivity contribution is -0.118. The molecule has 1 aliphatic rings. The van der Waals surface area contributed by atoms with Gasteiger partial charge in [0, 0.05) is 30.9 Å². The topological polar surface area (TPSA) is 70.7 Å². The molecule has 1 saturated heterocycles. The maximum absolute atomic E-state index is 13.0. The van der Waals surface area contributed by atoms with Gasteiger partial charge in [0.05, 0.1) is 13.2 Å². The molecule has 1 fully saturated rings. The number of carbonyl (C=O) groups excluding carboxylic acids is 2. The quantitative estimate of drug-likeness (QED) is 0.681. The van der Waals surface area contributed by atoms with Crippen LogP contribution in [-0.4, -0.2) is 49.1 Å². The number of aryl methyl sites for hydroxylation is 1. The Morgan fingerprint density at radius 3 is 2.35 bits per heavy atom. The number of hydrogen-bond donors (Lipinski definition) is 2. The third kappa shape index (κ3) is 6.91. The van der Waals surface area contributed by atoms with Crippen molar-refractivity contribution in [1.82, 2.24) is 10.2 Å². The molecule has 6 nitrogen and oxygen atoms in total. The summed E-state index contributed by atoms with van der Waals surface area (Å²) in [5, 5.41) is 5.88. The number of rotatable bonds is 8. The lowest BCUT2D eigenvalue weighted by Crippen LogP contribution is -2.44. The number of morpholine rings is 1. The van der Waals surface area contributed by atoms with E-state index in [1.807, 2.05) is 63.2 Å². The molecule has 2 N–H and O–H groups in total. The Hall–Kier alpha value is -2.70. The van der Waals surface area contributed by atoms with Crippen molar-refractivity contribution in [2.45, 2.75) is 39.8 Å². The fourth-order valence-electron chi connectivity index (χ4n) is 3.71. The Morgan fingerprint density at radius 1 is 1.03 bits per heavy atom. The van der Waals surface area contributed by atoms with Gasteiger partial charge in [-0.1, -0.05) is 44.2 Å². The van der Waals surface area contributed by atoms with Crippen LogP contribution in [0.1, 0.15) is 41.8 Å². The molecular weight excluding hydrogens is 390 g/mol. The van der Waals surface area contributed by atoms with E-state index in [9.17, 15) is 9.59 Å². The average molecular weight is 424 g/mol. The third-order valence-electron chi connectivity index (χ3n) is 5.45. The van der Waals surface area contributed by atoms with Gasteiger partial charge in [-0.3, -0.25) is 14.5 Å². The number of hydrogen-bond acceptors (Lipinski definition) is 4. The zero-order chi connectivity index (χ0) is 22.2. The van der Waals surface area contributed by atoms with Gasteiger partial charge < -0.3 is 15.4 Å². The molecule has 2 aromatic carbocycles. The highest BCUT2D eigenvalue weighted by Gasteiger charge is 2.23. The molecule has 2 aromatic rings. The largest absolute Gasteiger partial charge is 0.379 e. The number of amides is 2. The maximum atomic E-state index is 13.0. The van der Waals surface area contributed by atoms with E-state index in [2.05, 4.69) is 15.5 Å². The minimum atomic E-state index is -0.597. The SMILES string of the molecule is Cc1ccccc1C(=O)N[C@@H](CC(C)C)C(=O)Nc1ccc(CN2CCOCC2)cc1. The highest BCUT2D eigenvalue weighted by Crippen LogP contribution is 2.15. The van der Waals surface area contributed by atoms with Crippen molar-refractivity contribution in [3.8, 4) is 0 Å². The van der Waals surface area contributed by atoms with E-state index in [0.717, 1.165) is 44.1 Å². The van der Waals surface area contributed by atoms with Crippen LogP contribution >= 0.6 is 0 Å². The molecular formula is C25H33N3O3. The highest BCUT2D eigenvalue weighted by atomic mass is 16.5. The fraction of sp³-hybridized carbons (Fsp3) is 0.440. The molecule has 2 amide bonds. The van der Waals surface area contributed by atoms with Crippen molar-refractivity contribution in [2.75, 3.05) is 31.6 Å². The van der Waals surface area contributed by atoms with Crippen molar-refractivity contribution >= 4 is 17.5 Å². The van der Waals surface area contributed by atoms with Gasteiger partial charge in [0.25, 0.3) is 5.91 Å². The summed E-state index contributed by atoms with van der Waals surface area (Å²) in [5.74, 6) is -0.153. The molecule has 1 heterocycles. The summed E-state index contributed by atoms with van der Waals surface area (Å²) >= 11 is 0. The number of nitrogens with zero attached hydrogens (tertiary/aromatic N) is 1. The Kier molecular flexibility index (Phi) is 8.20. The third-order valence-corrected chi connectivity index (χ3v) is 5.45. The Bertz CT molecular complexity index is 874. The summed E-state index contributed by atoms with van der Waals surface area (Å²) in [7, 11) is 0. The molecule has 3 rings (SSSR count). The predicted molar refractivity (Wildman–Crippen MR) is 123 cm³/mol. The maximum Gasteiger partial charge on any atom is 0.252 e. The van der Waals surface area contributed by atoms with Gasteiger partial charge >= 0.3 is 0 Å². The second-order valence-electron chi connectivity index (χ2n) is 8.55. The smallest absolute Gasteiger partial charge is 0.252 e. The molecule has 31 heavy (non-hydrogen) atoms. The standard InChI is InChI=1S/C25H33N3O3/c1-18(2)16-23(27-24(29)22-7-5-4-6-19(22)3)25(30)26-21-10-8-20(9-11-21)17-28-12-14-31-15-13-28/h4-11,18,23H,12-17H2,1-3H3,(H,26,30)(H,27,29)/t23-/m0/s1. The van der Waals surface area contributed by atoms with Crippen LogP contribution in [0.4, 0.5) is 5.69 Å². The van der Waals surface area contributed by atoms with Crippen LogP contribution in [0.25, 0.3) is 0 Å². The van der Waals surface area contributed by atoms with Crippen LogP contribution in [0.5, 0.6) is 0 Å². The first-order valence-electron chi connectivity index (χ1n) is 11.0. The summed E-state index contributed by atoms with van der Waals surface area (Å²) in [6.45, 7) is 10.3. The summed E-state index contributed by atoms with van der Waals surface area (Å²) < 4.78 is 5.39. The first-order valence-corrected chi connectivity index (χ1v) is 11.0. The van der Waals surface area contributed by atoms with Crippen LogP contribution in [0, 0.1) is 12.8 Å². The summed E-state index contributed by atoms with van der Waals surface area (Å²) in [6.07, 6.45) is 0.568. The molecule has 166 valence electrons. The van der Waals surface area contributed by atoms with Crippen molar-refractivity contribution in [3.63, 3.8) is 0 Å². The average Bonchev–Trinajstić information content (AvgIpc) is 2.75. The number of ether oxygens (including phenoxy) is 1. The van der Waals surface area contributed by atoms with Crippen molar-refractivity contribution < 1.29 is 14.3 Å². The van der Waals surface area contributed by atoms with Crippen molar-refractivity contribution in [1.29, 1.82) is 0 Å². The summed E-state index contributed by atoms with van der Waals surface area (Å²) in [6, 6.07) is 14.7. The summed E-state index contributed by atoms with van der Waals surface area (Å²) in [4.78, 5) is 28.1. The van der Waals surface area contributed by atoms with Crippen LogP contribution < -0.4 is 10.6 Å². The van der Waals surface area contributed by atoms with Crippen LogP contribution in [0.3, 0.4) is 0 Å². The number of carbonyl (C=O) groups is 2. The molecule has 1 aliphatic heterocycles. The number of anilines is 1. The van der Waals surface area contributed by atoms with Crippen LogP contribution in [0.15, 0.2) is 48.5 Å². The van der Waals surface area contributed by atoms with E-state index >= 15 is 0 Å². The van der Waals surface area contributed by atoms with Gasteiger partial charge in [0.2, 0.25) is 5.91 Å². The van der Waals surface area contributed by atoms with Crippen molar-refractivity contribution in [2.24, 2.45) is 5.92 Å². The van der Waals surface area contributed by atoms with Crippen LogP contribution in [0.2, 0.25) is 0 Å². The molecule has 0 saturated carbocycles. The Morgan fingerprint density at radius 2 is 1.71 bits per heavy atom. The second kappa shape index (κ2) is 11.1. The number of benzene rings is 2. The Labute approximate surface area is 185 Å². The minimum absolute atomic E-state index is 0.198. The lowest BCUT2D eigenvalue weighted by atomic mass is 10.0. The minimum Gasteiger partial charge on any atom is -0.379 e. The van der Waals surface area contributed by atoms with E-state index in [4.69, 9.17) is 4.74 Å². The molecule has 0 spiro atoms. The van der Waals surface area contributed by atoms with Crippen molar-refractivity contribution in [3.05, 3.63) is 65.2 Å². The molecule has 0 aliphatic carbocycles. The molecule has 0 radical (unpaired) electrons. The predicted octanol–water partition coefficient (Wildman–Crippen LogP) is 3.61. The van der Waals surface area contributed by atoms with Gasteiger partial charge in [-0.05, 0) is 48.6 Å². The first kappa shape index (κ1) is 23.0. The van der Waals surface area contributed by atoms with E-state index in [-0.39, 0.29) is 17.7 Å². The zero-order valence-electron chi connectivity index (χ0n) is 18.7. The van der Waals surface area contributed by atoms with Gasteiger partial charge in [0.15, 0.2) is 0 Å². The molecule has 0 aromatic heterocycles. The molecule has 0 unspecified atom stereocenters. The molecule has 1 atom stereocenters.